The van der Waals surface area contributed by atoms with Crippen molar-refractivity contribution < 1.29 is 14.2 Å². The largest absolute Gasteiger partial charge is 0.380 e. The van der Waals surface area contributed by atoms with Crippen molar-refractivity contribution in [2.24, 2.45) is 46.3 Å². The van der Waals surface area contributed by atoms with E-state index in [1.807, 2.05) is 0 Å². The highest BCUT2D eigenvalue weighted by Gasteiger charge is 2.59. The summed E-state index contributed by atoms with van der Waals surface area (Å²) in [5.74, 6) is 5.51. The third kappa shape index (κ3) is 10.8. The number of fused-ring (bicyclic) bond motifs is 5. The first-order chi connectivity index (χ1) is 23.1. The molecular formula is C44H81NO3. The summed E-state index contributed by atoms with van der Waals surface area (Å²) in [5, 5.41) is 0. The SMILES string of the molecule is CCCCOC[C@H](COCCCCCCCCO[C@H]1CC[C@@]2(C)C(=CC[C@H]3C4CCC([C@H](C)CCCC(C)C)[C@@]4(C)CCC32)C1)N(C)C. The average Bonchev–Trinajstić information content (AvgIpc) is 3.41. The Morgan fingerprint density at radius 1 is 0.771 bits per heavy atom. The van der Waals surface area contributed by atoms with Crippen molar-refractivity contribution in [2.45, 2.75) is 176 Å². The Morgan fingerprint density at radius 2 is 1.46 bits per heavy atom. The molecule has 4 heteroatoms. The Kier molecular flexibility index (Phi) is 16.8. The van der Waals surface area contributed by atoms with Crippen LogP contribution >= 0.6 is 0 Å². The average molecular weight is 672 g/mol. The lowest BCUT2D eigenvalue weighted by Crippen LogP contribution is -2.51. The molecule has 0 aromatic rings. The number of hydrogen-bond acceptors (Lipinski definition) is 4. The molecule has 0 saturated heterocycles. The van der Waals surface area contributed by atoms with Crippen LogP contribution < -0.4 is 0 Å². The highest BCUT2D eigenvalue weighted by Crippen LogP contribution is 2.67. The molecule has 3 fully saturated rings. The predicted molar refractivity (Wildman–Crippen MR) is 205 cm³/mol. The summed E-state index contributed by atoms with van der Waals surface area (Å²) in [4.78, 5) is 2.23. The van der Waals surface area contributed by atoms with Gasteiger partial charge in [0.25, 0.3) is 0 Å². The molecule has 4 nitrogen and oxygen atoms in total. The molecular weight excluding hydrogens is 590 g/mol. The van der Waals surface area contributed by atoms with Gasteiger partial charge >= 0.3 is 0 Å². The molecule has 280 valence electrons. The van der Waals surface area contributed by atoms with Gasteiger partial charge in [0.05, 0.1) is 25.4 Å². The number of rotatable bonds is 23. The van der Waals surface area contributed by atoms with E-state index in [-0.39, 0.29) is 0 Å². The number of unbranched alkanes of at least 4 members (excludes halogenated alkanes) is 6. The summed E-state index contributed by atoms with van der Waals surface area (Å²) in [5.41, 5.74) is 2.81. The van der Waals surface area contributed by atoms with E-state index in [0.29, 0.717) is 23.0 Å². The molecule has 4 aliphatic rings. The van der Waals surface area contributed by atoms with Crippen LogP contribution in [0.2, 0.25) is 0 Å². The van der Waals surface area contributed by atoms with E-state index < -0.39 is 0 Å². The Morgan fingerprint density at radius 3 is 2.15 bits per heavy atom. The van der Waals surface area contributed by atoms with Crippen LogP contribution in [-0.4, -0.2) is 64.2 Å². The third-order valence-electron chi connectivity index (χ3n) is 14.3. The normalized spacial score (nSPS) is 33.0. The first-order valence-corrected chi connectivity index (χ1v) is 21.2. The van der Waals surface area contributed by atoms with Crippen molar-refractivity contribution in [3.05, 3.63) is 11.6 Å². The monoisotopic (exact) mass is 672 g/mol. The van der Waals surface area contributed by atoms with Crippen molar-refractivity contribution in [3.8, 4) is 0 Å². The quantitative estimate of drug-likeness (QED) is 0.0799. The van der Waals surface area contributed by atoms with Gasteiger partial charge in [0.15, 0.2) is 0 Å². The van der Waals surface area contributed by atoms with E-state index in [2.05, 4.69) is 66.6 Å². The maximum atomic E-state index is 6.55. The van der Waals surface area contributed by atoms with Gasteiger partial charge in [0.1, 0.15) is 0 Å². The fourth-order valence-electron chi connectivity index (χ4n) is 11.1. The molecule has 0 aromatic carbocycles. The summed E-state index contributed by atoms with van der Waals surface area (Å²) < 4.78 is 18.4. The Hall–Kier alpha value is -0.420. The van der Waals surface area contributed by atoms with Crippen molar-refractivity contribution >= 4 is 0 Å². The summed E-state index contributed by atoms with van der Waals surface area (Å²) >= 11 is 0. The molecule has 9 atom stereocenters. The molecule has 48 heavy (non-hydrogen) atoms. The van der Waals surface area contributed by atoms with Crippen LogP contribution in [0, 0.1) is 46.3 Å². The maximum absolute atomic E-state index is 6.55. The van der Waals surface area contributed by atoms with Gasteiger partial charge in [0.2, 0.25) is 0 Å². The van der Waals surface area contributed by atoms with E-state index in [0.717, 1.165) is 75.0 Å². The smallest absolute Gasteiger partial charge is 0.0644 e. The van der Waals surface area contributed by atoms with Gasteiger partial charge in [-0.15, -0.1) is 0 Å². The van der Waals surface area contributed by atoms with Gasteiger partial charge in [-0.1, -0.05) is 105 Å². The van der Waals surface area contributed by atoms with E-state index in [9.17, 15) is 0 Å². The summed E-state index contributed by atoms with van der Waals surface area (Å²) in [6, 6.07) is 0.354. The summed E-state index contributed by atoms with van der Waals surface area (Å²) in [6.45, 7) is 19.2. The zero-order valence-electron chi connectivity index (χ0n) is 33.3. The van der Waals surface area contributed by atoms with Gasteiger partial charge in [0, 0.05) is 19.8 Å². The Balaban J connectivity index is 1.09. The molecule has 0 amide bonds. The molecule has 0 bridgehead atoms. The van der Waals surface area contributed by atoms with Crippen molar-refractivity contribution in [1.82, 2.24) is 4.90 Å². The minimum absolute atomic E-state index is 0.354. The molecule has 0 radical (unpaired) electrons. The van der Waals surface area contributed by atoms with Crippen LogP contribution in [0.15, 0.2) is 11.6 Å². The van der Waals surface area contributed by atoms with Crippen LogP contribution in [0.1, 0.15) is 164 Å². The van der Waals surface area contributed by atoms with Gasteiger partial charge in [-0.2, -0.15) is 0 Å². The molecule has 3 saturated carbocycles. The minimum atomic E-state index is 0.354. The second-order valence-corrected chi connectivity index (χ2v) is 18.3. The standard InChI is InChI=1S/C44H81NO3/c1-9-10-28-46-32-37(45(7)8)33-47-29-15-13-11-12-14-16-30-48-38-24-26-43(5)36(31-38)20-21-39-41-23-22-40(35(4)19-17-18-34(2)3)44(41,6)27-25-42(39)43/h20,34-35,37-42H,9-19,21-33H2,1-8H3/t35-,37-,38+,39+,40?,41?,42?,43+,44-/m1/s1. The van der Waals surface area contributed by atoms with Gasteiger partial charge in [-0.05, 0) is 131 Å². The maximum Gasteiger partial charge on any atom is 0.0644 e. The zero-order valence-corrected chi connectivity index (χ0v) is 33.3. The summed E-state index contributed by atoms with van der Waals surface area (Å²) in [7, 11) is 4.25. The molecule has 0 heterocycles. The van der Waals surface area contributed by atoms with Crippen molar-refractivity contribution in [1.29, 1.82) is 0 Å². The molecule has 0 aromatic heterocycles. The van der Waals surface area contributed by atoms with E-state index in [4.69, 9.17) is 14.2 Å². The van der Waals surface area contributed by atoms with E-state index in [1.165, 1.54) is 116 Å². The molecule has 3 unspecified atom stereocenters. The number of likely N-dealkylation sites (N-methyl/N-ethyl adjacent to an activating group) is 1. The van der Waals surface area contributed by atoms with Gasteiger partial charge < -0.3 is 19.1 Å². The van der Waals surface area contributed by atoms with Crippen LogP contribution in [0.25, 0.3) is 0 Å². The predicted octanol–water partition coefficient (Wildman–Crippen LogP) is 11.5. The van der Waals surface area contributed by atoms with Crippen molar-refractivity contribution in [3.63, 3.8) is 0 Å². The van der Waals surface area contributed by atoms with E-state index >= 15 is 0 Å². The molecule has 0 spiro atoms. The van der Waals surface area contributed by atoms with Gasteiger partial charge in [-0.25, -0.2) is 0 Å². The Labute approximate surface area is 299 Å². The second kappa shape index (κ2) is 20.0. The summed E-state index contributed by atoms with van der Waals surface area (Å²) in [6.07, 6.45) is 28.6. The highest BCUT2D eigenvalue weighted by atomic mass is 16.5. The van der Waals surface area contributed by atoms with Crippen LogP contribution in [0.4, 0.5) is 0 Å². The highest BCUT2D eigenvalue weighted by molar-refractivity contribution is 5.25. The minimum Gasteiger partial charge on any atom is -0.380 e. The van der Waals surface area contributed by atoms with Crippen LogP contribution in [-0.2, 0) is 14.2 Å². The molecule has 4 rings (SSSR count). The fraction of sp³-hybridized carbons (Fsp3) is 0.955. The second-order valence-electron chi connectivity index (χ2n) is 18.3. The van der Waals surface area contributed by atoms with Crippen molar-refractivity contribution in [2.75, 3.05) is 47.1 Å². The van der Waals surface area contributed by atoms with E-state index in [1.54, 1.807) is 5.57 Å². The van der Waals surface area contributed by atoms with Crippen LogP contribution in [0.5, 0.6) is 0 Å². The number of ether oxygens (including phenoxy) is 3. The topological polar surface area (TPSA) is 30.9 Å². The lowest BCUT2D eigenvalue weighted by atomic mass is 9.47. The van der Waals surface area contributed by atoms with Gasteiger partial charge in [-0.3, -0.25) is 0 Å². The number of allylic oxidation sites excluding steroid dienone is 1. The molecule has 0 N–H and O–H groups in total. The molecule has 0 aliphatic heterocycles. The Bertz CT molecular complexity index is 932. The third-order valence-corrected chi connectivity index (χ3v) is 14.3. The fourth-order valence-corrected chi connectivity index (χ4v) is 11.1. The van der Waals surface area contributed by atoms with Crippen LogP contribution in [0.3, 0.4) is 0 Å². The lowest BCUT2D eigenvalue weighted by molar-refractivity contribution is -0.0641. The zero-order chi connectivity index (χ0) is 34.6. The lowest BCUT2D eigenvalue weighted by Gasteiger charge is -2.58. The molecule has 4 aliphatic carbocycles. The number of hydrogen-bond donors (Lipinski definition) is 0. The number of nitrogens with zero attached hydrogens (tertiary/aromatic N) is 1. The first kappa shape index (κ1) is 40.4. The first-order valence-electron chi connectivity index (χ1n) is 21.2.